The molecule has 3 aliphatic rings. The molecule has 0 aromatic heterocycles. The third kappa shape index (κ3) is 1.40. The van der Waals surface area contributed by atoms with Gasteiger partial charge in [-0.05, 0) is 18.3 Å². The molecule has 0 aromatic rings. The van der Waals surface area contributed by atoms with Crippen molar-refractivity contribution in [1.82, 2.24) is 10.2 Å². The van der Waals surface area contributed by atoms with Crippen molar-refractivity contribution in [3.05, 3.63) is 0 Å². The summed E-state index contributed by atoms with van der Waals surface area (Å²) < 4.78 is 0. The van der Waals surface area contributed by atoms with E-state index in [1.165, 1.54) is 58.4 Å². The van der Waals surface area contributed by atoms with Crippen LogP contribution in [0.1, 0.15) is 32.6 Å². The maximum Gasteiger partial charge on any atom is 0.0207 e. The first-order chi connectivity index (χ1) is 6.70. The van der Waals surface area contributed by atoms with Crippen LogP contribution >= 0.6 is 0 Å². The molecule has 0 aromatic carbocycles. The molecule has 2 heterocycles. The average molecular weight is 194 g/mol. The SMILES string of the molecule is CC1(CN2CC3(CNC3)C2)CCCC1. The molecule has 2 nitrogen and oxygen atoms in total. The molecule has 0 unspecified atom stereocenters. The first kappa shape index (κ1) is 9.17. The fourth-order valence-electron chi connectivity index (χ4n) is 3.64. The van der Waals surface area contributed by atoms with Crippen LogP contribution in [0.2, 0.25) is 0 Å². The first-order valence-electron chi connectivity index (χ1n) is 6.13. The Morgan fingerprint density at radius 3 is 2.29 bits per heavy atom. The van der Waals surface area contributed by atoms with Crippen molar-refractivity contribution in [2.45, 2.75) is 32.6 Å². The minimum absolute atomic E-state index is 0.665. The molecule has 3 rings (SSSR count). The topological polar surface area (TPSA) is 15.3 Å². The van der Waals surface area contributed by atoms with Gasteiger partial charge in [0.05, 0.1) is 0 Å². The molecule has 1 N–H and O–H groups in total. The lowest BCUT2D eigenvalue weighted by molar-refractivity contribution is -0.0577. The van der Waals surface area contributed by atoms with Gasteiger partial charge in [0.15, 0.2) is 0 Å². The van der Waals surface area contributed by atoms with Gasteiger partial charge in [-0.15, -0.1) is 0 Å². The van der Waals surface area contributed by atoms with Gasteiger partial charge in [0.25, 0.3) is 0 Å². The van der Waals surface area contributed by atoms with Crippen molar-refractivity contribution >= 4 is 0 Å². The Morgan fingerprint density at radius 2 is 1.79 bits per heavy atom. The summed E-state index contributed by atoms with van der Waals surface area (Å²) in [5.74, 6) is 0. The van der Waals surface area contributed by atoms with Gasteiger partial charge in [-0.3, -0.25) is 0 Å². The van der Waals surface area contributed by atoms with E-state index >= 15 is 0 Å². The number of rotatable bonds is 2. The summed E-state index contributed by atoms with van der Waals surface area (Å²) in [7, 11) is 0. The molecule has 1 spiro atoms. The highest BCUT2D eigenvalue weighted by molar-refractivity contribution is 5.05. The Bertz CT molecular complexity index is 218. The fourth-order valence-corrected chi connectivity index (χ4v) is 3.64. The van der Waals surface area contributed by atoms with E-state index in [0.717, 1.165) is 5.41 Å². The molecule has 2 aliphatic heterocycles. The molecule has 80 valence electrons. The summed E-state index contributed by atoms with van der Waals surface area (Å²) in [4.78, 5) is 2.69. The van der Waals surface area contributed by atoms with Crippen molar-refractivity contribution in [2.24, 2.45) is 10.8 Å². The molecule has 2 saturated heterocycles. The Morgan fingerprint density at radius 1 is 1.14 bits per heavy atom. The summed E-state index contributed by atoms with van der Waals surface area (Å²) in [6, 6.07) is 0. The Hall–Kier alpha value is -0.0800. The summed E-state index contributed by atoms with van der Waals surface area (Å²) in [6.45, 7) is 9.16. The van der Waals surface area contributed by atoms with Crippen LogP contribution in [0.15, 0.2) is 0 Å². The molecule has 14 heavy (non-hydrogen) atoms. The predicted octanol–water partition coefficient (Wildman–Crippen LogP) is 1.47. The number of likely N-dealkylation sites (tertiary alicyclic amines) is 1. The molecule has 0 radical (unpaired) electrons. The second-order valence-corrected chi connectivity index (χ2v) is 6.27. The molecule has 2 heteroatoms. The molecule has 1 saturated carbocycles. The molecular weight excluding hydrogens is 172 g/mol. The van der Waals surface area contributed by atoms with Crippen LogP contribution in [0.4, 0.5) is 0 Å². The predicted molar refractivity (Wildman–Crippen MR) is 58.3 cm³/mol. The maximum atomic E-state index is 3.40. The van der Waals surface area contributed by atoms with Crippen molar-refractivity contribution in [2.75, 3.05) is 32.7 Å². The lowest BCUT2D eigenvalue weighted by Gasteiger charge is -2.57. The van der Waals surface area contributed by atoms with Crippen molar-refractivity contribution in [3.8, 4) is 0 Å². The van der Waals surface area contributed by atoms with Crippen LogP contribution in [-0.2, 0) is 0 Å². The molecule has 3 fully saturated rings. The number of hydrogen-bond acceptors (Lipinski definition) is 2. The Kier molecular flexibility index (Phi) is 1.94. The van der Waals surface area contributed by atoms with Gasteiger partial charge in [-0.25, -0.2) is 0 Å². The van der Waals surface area contributed by atoms with E-state index in [-0.39, 0.29) is 0 Å². The highest BCUT2D eigenvalue weighted by Crippen LogP contribution is 2.42. The zero-order chi connectivity index (χ0) is 9.65. The van der Waals surface area contributed by atoms with Gasteiger partial charge in [-0.2, -0.15) is 0 Å². The second kappa shape index (κ2) is 2.96. The average Bonchev–Trinajstić information content (AvgIpc) is 2.40. The lowest BCUT2D eigenvalue weighted by atomic mass is 9.73. The number of nitrogens with zero attached hydrogens (tertiary/aromatic N) is 1. The largest absolute Gasteiger partial charge is 0.315 e. The van der Waals surface area contributed by atoms with E-state index in [4.69, 9.17) is 0 Å². The zero-order valence-electron chi connectivity index (χ0n) is 9.31. The van der Waals surface area contributed by atoms with E-state index in [1.807, 2.05) is 0 Å². The zero-order valence-corrected chi connectivity index (χ0v) is 9.31. The van der Waals surface area contributed by atoms with Crippen LogP contribution < -0.4 is 5.32 Å². The smallest absolute Gasteiger partial charge is 0.0207 e. The lowest BCUT2D eigenvalue weighted by Crippen LogP contribution is -2.71. The van der Waals surface area contributed by atoms with E-state index in [0.29, 0.717) is 5.41 Å². The van der Waals surface area contributed by atoms with Gasteiger partial charge in [0.2, 0.25) is 0 Å². The summed E-state index contributed by atoms with van der Waals surface area (Å²) in [5, 5.41) is 3.40. The monoisotopic (exact) mass is 194 g/mol. The maximum absolute atomic E-state index is 3.40. The molecular formula is C12H22N2. The highest BCUT2D eigenvalue weighted by atomic mass is 15.3. The van der Waals surface area contributed by atoms with Crippen molar-refractivity contribution in [3.63, 3.8) is 0 Å². The minimum atomic E-state index is 0.665. The molecule has 1 aliphatic carbocycles. The second-order valence-electron chi connectivity index (χ2n) is 6.27. The van der Waals surface area contributed by atoms with Crippen molar-refractivity contribution < 1.29 is 0 Å². The fraction of sp³-hybridized carbons (Fsp3) is 1.00. The van der Waals surface area contributed by atoms with Crippen molar-refractivity contribution in [1.29, 1.82) is 0 Å². The quantitative estimate of drug-likeness (QED) is 0.716. The normalized spacial score (nSPS) is 34.1. The third-order valence-electron chi connectivity index (χ3n) is 4.53. The molecule has 0 amide bonds. The van der Waals surface area contributed by atoms with Crippen LogP contribution in [-0.4, -0.2) is 37.6 Å². The number of hydrogen-bond donors (Lipinski definition) is 1. The first-order valence-corrected chi connectivity index (χ1v) is 6.13. The molecule has 0 atom stereocenters. The van der Waals surface area contributed by atoms with Gasteiger partial charge in [-0.1, -0.05) is 19.8 Å². The standard InChI is InChI=1S/C12H22N2/c1-11(4-2-3-5-11)8-14-9-12(10-14)6-13-7-12/h13H,2-10H2,1H3. The molecule has 0 bridgehead atoms. The van der Waals surface area contributed by atoms with Gasteiger partial charge in [0, 0.05) is 38.1 Å². The summed E-state index contributed by atoms with van der Waals surface area (Å²) in [5.41, 5.74) is 1.38. The van der Waals surface area contributed by atoms with Crippen LogP contribution in [0.3, 0.4) is 0 Å². The van der Waals surface area contributed by atoms with E-state index in [2.05, 4.69) is 17.1 Å². The number of nitrogens with one attached hydrogen (secondary N) is 1. The van der Waals surface area contributed by atoms with Gasteiger partial charge in [0.1, 0.15) is 0 Å². The summed E-state index contributed by atoms with van der Waals surface area (Å²) >= 11 is 0. The summed E-state index contributed by atoms with van der Waals surface area (Å²) in [6.07, 6.45) is 5.87. The van der Waals surface area contributed by atoms with E-state index < -0.39 is 0 Å². The highest BCUT2D eigenvalue weighted by Gasteiger charge is 2.48. The van der Waals surface area contributed by atoms with Crippen LogP contribution in [0.25, 0.3) is 0 Å². The van der Waals surface area contributed by atoms with E-state index in [9.17, 15) is 0 Å². The Balaban J connectivity index is 1.50. The van der Waals surface area contributed by atoms with Gasteiger partial charge < -0.3 is 10.2 Å². The van der Waals surface area contributed by atoms with E-state index in [1.54, 1.807) is 0 Å². The third-order valence-corrected chi connectivity index (χ3v) is 4.53. The minimum Gasteiger partial charge on any atom is -0.315 e. The van der Waals surface area contributed by atoms with Gasteiger partial charge >= 0.3 is 0 Å². The Labute approximate surface area is 87.0 Å². The van der Waals surface area contributed by atoms with Crippen LogP contribution in [0.5, 0.6) is 0 Å². The van der Waals surface area contributed by atoms with Crippen LogP contribution in [0, 0.1) is 10.8 Å².